The van der Waals surface area contributed by atoms with Gasteiger partial charge in [-0.15, -0.1) is 11.3 Å². The van der Waals surface area contributed by atoms with Crippen LogP contribution in [0.1, 0.15) is 43.8 Å². The lowest BCUT2D eigenvalue weighted by Gasteiger charge is -2.07. The van der Waals surface area contributed by atoms with Crippen LogP contribution >= 0.6 is 11.3 Å². The van der Waals surface area contributed by atoms with Crippen molar-refractivity contribution in [2.45, 2.75) is 26.2 Å². The van der Waals surface area contributed by atoms with Crippen LogP contribution in [0.2, 0.25) is 0 Å². The molecule has 5 nitrogen and oxygen atoms in total. The van der Waals surface area contributed by atoms with Crippen LogP contribution in [0.15, 0.2) is 30.3 Å². The molecule has 0 saturated carbocycles. The van der Waals surface area contributed by atoms with Gasteiger partial charge in [-0.05, 0) is 62.1 Å². The number of carbonyl (C=O) groups is 2. The van der Waals surface area contributed by atoms with E-state index in [0.717, 1.165) is 19.3 Å². The number of carbonyl (C=O) groups excluding carboxylic acids is 2. The molecule has 0 fully saturated rings. The van der Waals surface area contributed by atoms with Crippen molar-refractivity contribution in [2.75, 3.05) is 6.61 Å². The van der Waals surface area contributed by atoms with Crippen molar-refractivity contribution >= 4 is 23.2 Å². The maximum absolute atomic E-state index is 12.1. The van der Waals surface area contributed by atoms with E-state index >= 15 is 0 Å². The van der Waals surface area contributed by atoms with Gasteiger partial charge >= 0.3 is 0 Å². The molecule has 0 unspecified atom stereocenters. The Morgan fingerprint density at radius 3 is 2.57 bits per heavy atom. The molecule has 0 saturated heterocycles. The van der Waals surface area contributed by atoms with Crippen LogP contribution < -0.4 is 15.6 Å². The monoisotopic (exact) mass is 330 g/mol. The van der Waals surface area contributed by atoms with Crippen LogP contribution in [-0.2, 0) is 12.8 Å². The second kappa shape index (κ2) is 6.83. The Morgan fingerprint density at radius 1 is 1.13 bits per heavy atom. The zero-order valence-corrected chi connectivity index (χ0v) is 13.7. The number of ether oxygens (including phenoxy) is 1. The van der Waals surface area contributed by atoms with E-state index in [1.807, 2.05) is 13.0 Å². The average Bonchev–Trinajstić information content (AvgIpc) is 3.15. The van der Waals surface area contributed by atoms with Crippen LogP contribution in [-0.4, -0.2) is 18.4 Å². The fraction of sp³-hybridized carbons (Fsp3) is 0.294. The van der Waals surface area contributed by atoms with Gasteiger partial charge in [0.1, 0.15) is 5.75 Å². The molecule has 0 spiro atoms. The molecule has 1 aromatic heterocycles. The standard InChI is InChI=1S/C17H18N2O3S/c1-2-22-13-8-6-11(7-9-13)16(20)18-19-17(21)15-10-12-4-3-5-14(12)23-15/h6-10H,2-5H2,1H3,(H,18,20)(H,19,21). The molecule has 0 bridgehead atoms. The predicted molar refractivity (Wildman–Crippen MR) is 88.9 cm³/mol. The number of nitrogens with one attached hydrogen (secondary N) is 2. The smallest absolute Gasteiger partial charge is 0.279 e. The van der Waals surface area contributed by atoms with E-state index in [0.29, 0.717) is 22.8 Å². The number of hydrazine groups is 1. The lowest BCUT2D eigenvalue weighted by molar-refractivity contribution is 0.0849. The van der Waals surface area contributed by atoms with Gasteiger partial charge in [-0.25, -0.2) is 0 Å². The van der Waals surface area contributed by atoms with Gasteiger partial charge in [0.2, 0.25) is 0 Å². The van der Waals surface area contributed by atoms with Crippen LogP contribution in [0, 0.1) is 0 Å². The summed E-state index contributed by atoms with van der Waals surface area (Å²) in [6.45, 7) is 2.48. The molecule has 23 heavy (non-hydrogen) atoms. The number of benzene rings is 1. The second-order valence-corrected chi connectivity index (χ2v) is 6.42. The van der Waals surface area contributed by atoms with Crippen molar-refractivity contribution in [3.63, 3.8) is 0 Å². The van der Waals surface area contributed by atoms with E-state index in [1.54, 1.807) is 24.3 Å². The maximum Gasteiger partial charge on any atom is 0.279 e. The van der Waals surface area contributed by atoms with Crippen molar-refractivity contribution in [1.82, 2.24) is 10.9 Å². The molecule has 1 aromatic carbocycles. The highest BCUT2D eigenvalue weighted by Gasteiger charge is 2.18. The average molecular weight is 330 g/mol. The summed E-state index contributed by atoms with van der Waals surface area (Å²) in [4.78, 5) is 26.0. The van der Waals surface area contributed by atoms with Gasteiger partial charge in [0.25, 0.3) is 11.8 Å². The Morgan fingerprint density at radius 2 is 1.87 bits per heavy atom. The van der Waals surface area contributed by atoms with Gasteiger partial charge in [-0.1, -0.05) is 0 Å². The normalized spacial score (nSPS) is 12.6. The molecule has 0 aliphatic heterocycles. The highest BCUT2D eigenvalue weighted by Crippen LogP contribution is 2.30. The van der Waals surface area contributed by atoms with Crippen LogP contribution in [0.3, 0.4) is 0 Å². The Hall–Kier alpha value is -2.34. The number of aryl methyl sites for hydroxylation is 2. The van der Waals surface area contributed by atoms with E-state index < -0.39 is 0 Å². The SMILES string of the molecule is CCOc1ccc(C(=O)NNC(=O)c2cc3c(s2)CCC3)cc1. The van der Waals surface area contributed by atoms with E-state index in [1.165, 1.54) is 21.8 Å². The largest absolute Gasteiger partial charge is 0.494 e. The lowest BCUT2D eigenvalue weighted by atomic mass is 10.2. The third kappa shape index (κ3) is 3.53. The number of thiophene rings is 1. The molecule has 0 atom stereocenters. The summed E-state index contributed by atoms with van der Waals surface area (Å²) >= 11 is 1.51. The molecule has 0 radical (unpaired) electrons. The topological polar surface area (TPSA) is 67.4 Å². The molecule has 1 aliphatic rings. The van der Waals surface area contributed by atoms with Gasteiger partial charge in [-0.2, -0.15) is 0 Å². The van der Waals surface area contributed by atoms with Crippen LogP contribution in [0.5, 0.6) is 5.75 Å². The second-order valence-electron chi connectivity index (χ2n) is 5.28. The Bertz CT molecular complexity index is 700. The first-order valence-electron chi connectivity index (χ1n) is 7.62. The van der Waals surface area contributed by atoms with Crippen molar-refractivity contribution in [3.05, 3.63) is 51.2 Å². The number of amides is 2. The molecule has 2 N–H and O–H groups in total. The minimum Gasteiger partial charge on any atom is -0.494 e. The summed E-state index contributed by atoms with van der Waals surface area (Å²) < 4.78 is 5.33. The molecule has 2 amide bonds. The third-order valence-corrected chi connectivity index (χ3v) is 4.92. The molecule has 1 aliphatic carbocycles. The first-order chi connectivity index (χ1) is 11.2. The van der Waals surface area contributed by atoms with Crippen LogP contribution in [0.4, 0.5) is 0 Å². The summed E-state index contributed by atoms with van der Waals surface area (Å²) in [5, 5.41) is 0. The van der Waals surface area contributed by atoms with E-state index in [2.05, 4.69) is 10.9 Å². The quantitative estimate of drug-likeness (QED) is 0.847. The zero-order valence-electron chi connectivity index (χ0n) is 12.8. The van der Waals surface area contributed by atoms with Gasteiger partial charge in [0, 0.05) is 10.4 Å². The van der Waals surface area contributed by atoms with E-state index in [9.17, 15) is 9.59 Å². The number of hydrogen-bond donors (Lipinski definition) is 2. The summed E-state index contributed by atoms with van der Waals surface area (Å²) in [7, 11) is 0. The number of rotatable bonds is 4. The zero-order chi connectivity index (χ0) is 16.2. The van der Waals surface area contributed by atoms with Crippen molar-refractivity contribution in [2.24, 2.45) is 0 Å². The minimum absolute atomic E-state index is 0.274. The first-order valence-corrected chi connectivity index (χ1v) is 8.44. The predicted octanol–water partition coefficient (Wildman–Crippen LogP) is 2.71. The maximum atomic E-state index is 12.1. The lowest BCUT2D eigenvalue weighted by Crippen LogP contribution is -2.41. The van der Waals surface area contributed by atoms with E-state index in [-0.39, 0.29) is 11.8 Å². The highest BCUT2D eigenvalue weighted by molar-refractivity contribution is 7.14. The molecule has 120 valence electrons. The fourth-order valence-corrected chi connectivity index (χ4v) is 3.71. The summed E-state index contributed by atoms with van der Waals surface area (Å²) in [6, 6.07) is 8.69. The van der Waals surface area contributed by atoms with Crippen molar-refractivity contribution < 1.29 is 14.3 Å². The molecule has 2 aromatic rings. The van der Waals surface area contributed by atoms with Gasteiger partial charge in [0.05, 0.1) is 11.5 Å². The van der Waals surface area contributed by atoms with Gasteiger partial charge in [0.15, 0.2) is 0 Å². The summed E-state index contributed by atoms with van der Waals surface area (Å²) in [5.74, 6) is 0.0790. The Balaban J connectivity index is 1.56. The third-order valence-electron chi connectivity index (χ3n) is 3.69. The Labute approximate surface area is 138 Å². The molecule has 1 heterocycles. The Kier molecular flexibility index (Phi) is 4.62. The molecular weight excluding hydrogens is 312 g/mol. The molecular formula is C17H18N2O3S. The fourth-order valence-electron chi connectivity index (χ4n) is 2.56. The minimum atomic E-state index is -0.356. The summed E-state index contributed by atoms with van der Waals surface area (Å²) in [5.41, 5.74) is 6.63. The molecule has 6 heteroatoms. The van der Waals surface area contributed by atoms with Crippen molar-refractivity contribution in [1.29, 1.82) is 0 Å². The molecule has 3 rings (SSSR count). The van der Waals surface area contributed by atoms with Gasteiger partial charge < -0.3 is 4.74 Å². The van der Waals surface area contributed by atoms with Crippen molar-refractivity contribution in [3.8, 4) is 5.75 Å². The number of fused-ring (bicyclic) bond motifs is 1. The van der Waals surface area contributed by atoms with E-state index in [4.69, 9.17) is 4.74 Å². The number of hydrogen-bond acceptors (Lipinski definition) is 4. The first kappa shape index (κ1) is 15.6. The highest BCUT2D eigenvalue weighted by atomic mass is 32.1. The summed E-state index contributed by atoms with van der Waals surface area (Å²) in [6.07, 6.45) is 3.25. The van der Waals surface area contributed by atoms with Gasteiger partial charge in [-0.3, -0.25) is 20.4 Å². The van der Waals surface area contributed by atoms with Crippen LogP contribution in [0.25, 0.3) is 0 Å².